The van der Waals surface area contributed by atoms with E-state index in [4.69, 9.17) is 4.74 Å². The number of carboxylic acids is 1. The standard InChI is InChI=1S/C22H28N2O6.Na/c1-2-30-22(29)16-24(14-18-8-4-6-10-20(18)26)12-11-23(15-21(27)28)13-17-7-3-5-9-19(17)25;/h3-10,25-26H,2,11-16H2,1H3,(H,27,28);/q;+1/p-1. The number of carbonyl (C=O) groups excluding carboxylic acids is 2. The van der Waals surface area contributed by atoms with E-state index in [2.05, 4.69) is 0 Å². The number of hydrogen-bond donors (Lipinski definition) is 2. The molecule has 0 saturated carbocycles. The zero-order valence-electron chi connectivity index (χ0n) is 18.0. The van der Waals surface area contributed by atoms with Gasteiger partial charge in [0, 0.05) is 43.9 Å². The smallest absolute Gasteiger partial charge is 0.549 e. The van der Waals surface area contributed by atoms with Crippen LogP contribution in [0.2, 0.25) is 0 Å². The van der Waals surface area contributed by atoms with Crippen LogP contribution in [0.3, 0.4) is 0 Å². The molecule has 0 atom stereocenters. The zero-order valence-corrected chi connectivity index (χ0v) is 20.0. The molecule has 0 heterocycles. The van der Waals surface area contributed by atoms with E-state index in [0.717, 1.165) is 0 Å². The van der Waals surface area contributed by atoms with Crippen molar-refractivity contribution in [2.75, 3.05) is 32.8 Å². The minimum absolute atomic E-state index is 0. The SMILES string of the molecule is CCOC(=O)CN(CCN(CC(=O)[O-])Cc1ccccc1O)Cc1ccccc1O.[Na+]. The largest absolute Gasteiger partial charge is 1.00 e. The fourth-order valence-corrected chi connectivity index (χ4v) is 3.05. The normalized spacial score (nSPS) is 10.7. The monoisotopic (exact) mass is 438 g/mol. The van der Waals surface area contributed by atoms with Gasteiger partial charge < -0.3 is 24.9 Å². The maximum absolute atomic E-state index is 12.0. The van der Waals surface area contributed by atoms with Crippen LogP contribution in [0.15, 0.2) is 48.5 Å². The van der Waals surface area contributed by atoms with Crippen molar-refractivity contribution in [1.29, 1.82) is 0 Å². The molecule has 0 spiro atoms. The molecular weight excluding hydrogens is 411 g/mol. The first-order valence-corrected chi connectivity index (χ1v) is 9.73. The van der Waals surface area contributed by atoms with Crippen LogP contribution in [0.1, 0.15) is 18.1 Å². The number of rotatable bonds is 12. The van der Waals surface area contributed by atoms with Crippen LogP contribution in [-0.4, -0.2) is 64.7 Å². The molecule has 8 nitrogen and oxygen atoms in total. The molecule has 31 heavy (non-hydrogen) atoms. The van der Waals surface area contributed by atoms with Crippen molar-refractivity contribution in [3.8, 4) is 11.5 Å². The Morgan fingerprint density at radius 2 is 1.32 bits per heavy atom. The molecule has 0 amide bonds. The van der Waals surface area contributed by atoms with Gasteiger partial charge in [-0.25, -0.2) is 0 Å². The average Bonchev–Trinajstić information content (AvgIpc) is 2.69. The Morgan fingerprint density at radius 1 is 0.871 bits per heavy atom. The summed E-state index contributed by atoms with van der Waals surface area (Å²) in [6.07, 6.45) is 0. The maximum Gasteiger partial charge on any atom is 1.00 e. The summed E-state index contributed by atoms with van der Waals surface area (Å²) in [4.78, 5) is 26.6. The number of hydrogen-bond acceptors (Lipinski definition) is 8. The van der Waals surface area contributed by atoms with Gasteiger partial charge in [-0.1, -0.05) is 36.4 Å². The quantitative estimate of drug-likeness (QED) is 0.282. The summed E-state index contributed by atoms with van der Waals surface area (Å²) >= 11 is 0. The molecule has 2 aromatic carbocycles. The molecule has 2 rings (SSSR count). The summed E-state index contributed by atoms with van der Waals surface area (Å²) in [5, 5.41) is 31.2. The number of carbonyl (C=O) groups is 2. The molecule has 0 aromatic heterocycles. The van der Waals surface area contributed by atoms with Crippen LogP contribution in [0.25, 0.3) is 0 Å². The first kappa shape index (κ1) is 26.9. The fourth-order valence-electron chi connectivity index (χ4n) is 3.05. The molecule has 0 fully saturated rings. The zero-order chi connectivity index (χ0) is 21.9. The molecule has 0 aliphatic heterocycles. The van der Waals surface area contributed by atoms with Crippen molar-refractivity contribution in [2.45, 2.75) is 20.0 Å². The number of nitrogens with zero attached hydrogens (tertiary/aromatic N) is 2. The summed E-state index contributed by atoms with van der Waals surface area (Å²) in [5.74, 6) is -1.44. The van der Waals surface area contributed by atoms with Crippen LogP contribution in [-0.2, 0) is 27.4 Å². The number of aliphatic carboxylic acids is 1. The number of para-hydroxylation sites is 2. The molecular formula is C22H27N2NaO6. The van der Waals surface area contributed by atoms with Crippen molar-refractivity contribution in [3.05, 3.63) is 59.7 Å². The van der Waals surface area contributed by atoms with E-state index in [-0.39, 0.29) is 67.3 Å². The molecule has 0 radical (unpaired) electrons. The second-order valence-electron chi connectivity index (χ2n) is 6.86. The first-order valence-electron chi connectivity index (χ1n) is 9.73. The number of carboxylic acid groups (broad SMARTS) is 1. The maximum atomic E-state index is 12.0. The Hall–Kier alpha value is -2.10. The van der Waals surface area contributed by atoms with Gasteiger partial charge in [-0.15, -0.1) is 0 Å². The van der Waals surface area contributed by atoms with Crippen molar-refractivity contribution < 1.29 is 59.2 Å². The molecule has 162 valence electrons. The molecule has 9 heteroatoms. The van der Waals surface area contributed by atoms with Gasteiger partial charge in [0.05, 0.1) is 19.1 Å². The Kier molecular flexibility index (Phi) is 12.2. The van der Waals surface area contributed by atoms with E-state index in [9.17, 15) is 24.9 Å². The van der Waals surface area contributed by atoms with Gasteiger partial charge in [-0.3, -0.25) is 14.6 Å². The predicted octanol–water partition coefficient (Wildman–Crippen LogP) is -2.28. The van der Waals surface area contributed by atoms with Crippen molar-refractivity contribution in [2.24, 2.45) is 0 Å². The van der Waals surface area contributed by atoms with E-state index in [0.29, 0.717) is 30.8 Å². The third-order valence-electron chi connectivity index (χ3n) is 4.51. The summed E-state index contributed by atoms with van der Waals surface area (Å²) in [7, 11) is 0. The number of phenols is 2. The molecule has 0 aliphatic carbocycles. The van der Waals surface area contributed by atoms with Crippen LogP contribution in [0.4, 0.5) is 0 Å². The Morgan fingerprint density at radius 3 is 1.74 bits per heavy atom. The van der Waals surface area contributed by atoms with Crippen LogP contribution < -0.4 is 34.7 Å². The minimum Gasteiger partial charge on any atom is -0.549 e. The summed E-state index contributed by atoms with van der Waals surface area (Å²) in [6.45, 7) is 2.80. The molecule has 0 saturated heterocycles. The molecule has 0 unspecified atom stereocenters. The Bertz CT molecular complexity index is 848. The summed E-state index contributed by atoms with van der Waals surface area (Å²) < 4.78 is 5.03. The van der Waals surface area contributed by atoms with Gasteiger partial charge in [-0.05, 0) is 19.1 Å². The van der Waals surface area contributed by atoms with E-state index in [1.807, 2.05) is 0 Å². The van der Waals surface area contributed by atoms with E-state index in [1.165, 1.54) is 6.07 Å². The van der Waals surface area contributed by atoms with Gasteiger partial charge >= 0.3 is 35.5 Å². The van der Waals surface area contributed by atoms with Crippen LogP contribution >= 0.6 is 0 Å². The number of benzene rings is 2. The number of phenolic OH excluding ortho intramolecular Hbond substituents is 2. The summed E-state index contributed by atoms with van der Waals surface area (Å²) in [6, 6.07) is 13.5. The number of aromatic hydroxyl groups is 2. The first-order chi connectivity index (χ1) is 14.4. The van der Waals surface area contributed by atoms with Gasteiger partial charge in [0.25, 0.3) is 0 Å². The molecule has 0 aliphatic rings. The average molecular weight is 438 g/mol. The Labute approximate surface area is 204 Å². The van der Waals surface area contributed by atoms with Crippen molar-refractivity contribution >= 4 is 11.9 Å². The molecule has 2 aromatic rings. The third kappa shape index (κ3) is 9.71. The number of esters is 1. The van der Waals surface area contributed by atoms with E-state index >= 15 is 0 Å². The van der Waals surface area contributed by atoms with Crippen LogP contribution in [0, 0.1) is 0 Å². The predicted molar refractivity (Wildman–Crippen MR) is 108 cm³/mol. The van der Waals surface area contributed by atoms with Crippen molar-refractivity contribution in [1.82, 2.24) is 9.80 Å². The van der Waals surface area contributed by atoms with E-state index in [1.54, 1.807) is 59.2 Å². The topological polar surface area (TPSA) is 113 Å². The van der Waals surface area contributed by atoms with Gasteiger partial charge in [0.15, 0.2) is 0 Å². The third-order valence-corrected chi connectivity index (χ3v) is 4.51. The van der Waals surface area contributed by atoms with Crippen molar-refractivity contribution in [3.63, 3.8) is 0 Å². The van der Waals surface area contributed by atoms with Gasteiger partial charge in [0.1, 0.15) is 11.5 Å². The Balaban J connectivity index is 0.00000480. The van der Waals surface area contributed by atoms with Gasteiger partial charge in [0.2, 0.25) is 0 Å². The minimum atomic E-state index is -1.23. The van der Waals surface area contributed by atoms with E-state index < -0.39 is 11.9 Å². The van der Waals surface area contributed by atoms with Crippen LogP contribution in [0.5, 0.6) is 11.5 Å². The fraction of sp³-hybridized carbons (Fsp3) is 0.364. The second kappa shape index (κ2) is 14.1. The second-order valence-corrected chi connectivity index (χ2v) is 6.86. The molecule has 2 N–H and O–H groups in total. The van der Waals surface area contributed by atoms with Gasteiger partial charge in [-0.2, -0.15) is 0 Å². The summed E-state index contributed by atoms with van der Waals surface area (Å²) in [5.41, 5.74) is 1.24. The number of ether oxygens (including phenoxy) is 1. The molecule has 0 bridgehead atoms.